The van der Waals surface area contributed by atoms with Crippen LogP contribution in [0.1, 0.15) is 24.8 Å². The van der Waals surface area contributed by atoms with E-state index in [1.165, 1.54) is 0 Å². The monoisotopic (exact) mass is 293 g/mol. The molecule has 0 spiro atoms. The van der Waals surface area contributed by atoms with Crippen molar-refractivity contribution in [1.29, 1.82) is 0 Å². The molecule has 1 aromatic rings. The SMILES string of the molecule is NCc1cccc(Cl)c1N1CCC2NC(=O)CCC2C1. The number of fused-ring (bicyclic) bond motifs is 1. The minimum atomic E-state index is 0.195. The fraction of sp³-hybridized carbons (Fsp3) is 0.533. The summed E-state index contributed by atoms with van der Waals surface area (Å²) >= 11 is 6.37. The molecule has 0 bridgehead atoms. The van der Waals surface area contributed by atoms with Crippen LogP contribution in [-0.2, 0) is 11.3 Å². The van der Waals surface area contributed by atoms with E-state index < -0.39 is 0 Å². The summed E-state index contributed by atoms with van der Waals surface area (Å²) < 4.78 is 0. The number of nitrogens with two attached hydrogens (primary N) is 1. The van der Waals surface area contributed by atoms with Crippen LogP contribution >= 0.6 is 11.6 Å². The van der Waals surface area contributed by atoms with Crippen LogP contribution in [0, 0.1) is 5.92 Å². The Balaban J connectivity index is 1.81. The average Bonchev–Trinajstić information content (AvgIpc) is 2.46. The molecule has 2 unspecified atom stereocenters. The first kappa shape index (κ1) is 13.7. The van der Waals surface area contributed by atoms with E-state index in [0.29, 0.717) is 24.9 Å². The van der Waals surface area contributed by atoms with Crippen LogP contribution in [0.5, 0.6) is 0 Å². The Morgan fingerprint density at radius 2 is 2.25 bits per heavy atom. The van der Waals surface area contributed by atoms with Crippen molar-refractivity contribution >= 4 is 23.2 Å². The molecule has 20 heavy (non-hydrogen) atoms. The number of para-hydroxylation sites is 1. The first-order chi connectivity index (χ1) is 9.69. The highest BCUT2D eigenvalue weighted by molar-refractivity contribution is 6.33. The number of hydrogen-bond acceptors (Lipinski definition) is 3. The number of nitrogens with one attached hydrogen (secondary N) is 1. The number of benzene rings is 1. The fourth-order valence-corrected chi connectivity index (χ4v) is 3.71. The van der Waals surface area contributed by atoms with Gasteiger partial charge in [-0.25, -0.2) is 0 Å². The van der Waals surface area contributed by atoms with Crippen molar-refractivity contribution in [3.05, 3.63) is 28.8 Å². The van der Waals surface area contributed by atoms with Gasteiger partial charge in [0, 0.05) is 32.1 Å². The lowest BCUT2D eigenvalue weighted by atomic mass is 9.85. The van der Waals surface area contributed by atoms with E-state index in [2.05, 4.69) is 10.2 Å². The molecule has 5 heteroatoms. The third-order valence-electron chi connectivity index (χ3n) is 4.43. The summed E-state index contributed by atoms with van der Waals surface area (Å²) in [6.45, 7) is 2.36. The summed E-state index contributed by atoms with van der Waals surface area (Å²) in [5, 5.41) is 3.88. The number of rotatable bonds is 2. The second-order valence-electron chi connectivity index (χ2n) is 5.66. The van der Waals surface area contributed by atoms with Gasteiger partial charge in [-0.1, -0.05) is 23.7 Å². The number of piperidine rings is 2. The molecule has 3 N–H and O–H groups in total. The molecule has 0 aromatic heterocycles. The Bertz CT molecular complexity index is 520. The lowest BCUT2D eigenvalue weighted by Gasteiger charge is -2.43. The van der Waals surface area contributed by atoms with Crippen molar-refractivity contribution in [2.75, 3.05) is 18.0 Å². The zero-order chi connectivity index (χ0) is 14.1. The second kappa shape index (κ2) is 5.62. The van der Waals surface area contributed by atoms with Crippen molar-refractivity contribution in [1.82, 2.24) is 5.32 Å². The van der Waals surface area contributed by atoms with Gasteiger partial charge in [0.15, 0.2) is 0 Å². The van der Waals surface area contributed by atoms with Gasteiger partial charge >= 0.3 is 0 Å². The van der Waals surface area contributed by atoms with Crippen LogP contribution in [0.2, 0.25) is 5.02 Å². The van der Waals surface area contributed by atoms with Crippen molar-refractivity contribution in [3.63, 3.8) is 0 Å². The predicted molar refractivity (Wildman–Crippen MR) is 80.8 cm³/mol. The molecular formula is C15H20ClN3O. The van der Waals surface area contributed by atoms with E-state index in [0.717, 1.165) is 42.2 Å². The molecule has 0 aliphatic carbocycles. The summed E-state index contributed by atoms with van der Waals surface area (Å²) in [7, 11) is 0. The molecule has 2 fully saturated rings. The highest BCUT2D eigenvalue weighted by Gasteiger charge is 2.34. The summed E-state index contributed by atoms with van der Waals surface area (Å²) in [6.07, 6.45) is 2.59. The number of anilines is 1. The Hall–Kier alpha value is -1.26. The Labute approximate surface area is 124 Å². The maximum Gasteiger partial charge on any atom is 0.220 e. The number of amides is 1. The van der Waals surface area contributed by atoms with E-state index in [-0.39, 0.29) is 5.91 Å². The van der Waals surface area contributed by atoms with Crippen LogP contribution in [-0.4, -0.2) is 25.0 Å². The van der Waals surface area contributed by atoms with Gasteiger partial charge in [-0.3, -0.25) is 4.79 Å². The molecule has 3 rings (SSSR count). The van der Waals surface area contributed by atoms with Crippen LogP contribution < -0.4 is 16.0 Å². The zero-order valence-corrected chi connectivity index (χ0v) is 12.2. The molecule has 1 aromatic carbocycles. The Morgan fingerprint density at radius 3 is 3.05 bits per heavy atom. The highest BCUT2D eigenvalue weighted by Crippen LogP contribution is 2.34. The number of halogens is 1. The summed E-state index contributed by atoms with van der Waals surface area (Å²) in [6, 6.07) is 6.24. The lowest BCUT2D eigenvalue weighted by molar-refractivity contribution is -0.124. The van der Waals surface area contributed by atoms with Crippen molar-refractivity contribution < 1.29 is 4.79 Å². The zero-order valence-electron chi connectivity index (χ0n) is 11.4. The predicted octanol–water partition coefficient (Wildman–Crippen LogP) is 1.90. The third kappa shape index (κ3) is 2.50. The largest absolute Gasteiger partial charge is 0.370 e. The first-order valence-corrected chi connectivity index (χ1v) is 7.58. The van der Waals surface area contributed by atoms with E-state index in [1.807, 2.05) is 18.2 Å². The first-order valence-electron chi connectivity index (χ1n) is 7.21. The van der Waals surface area contributed by atoms with Gasteiger partial charge in [0.1, 0.15) is 0 Å². The summed E-state index contributed by atoms with van der Waals surface area (Å²) in [5.74, 6) is 0.712. The molecule has 0 saturated carbocycles. The van der Waals surface area contributed by atoms with E-state index in [4.69, 9.17) is 17.3 Å². The van der Waals surface area contributed by atoms with Crippen molar-refractivity contribution in [2.45, 2.75) is 31.8 Å². The standard InChI is InChI=1S/C15H20ClN3O/c16-12-3-1-2-10(8-17)15(12)19-7-6-13-11(9-19)4-5-14(20)18-13/h1-3,11,13H,4-9,17H2,(H,18,20). The topological polar surface area (TPSA) is 58.4 Å². The van der Waals surface area contributed by atoms with E-state index >= 15 is 0 Å². The number of hydrogen-bond donors (Lipinski definition) is 2. The summed E-state index contributed by atoms with van der Waals surface area (Å²) in [4.78, 5) is 13.8. The number of carbonyl (C=O) groups excluding carboxylic acids is 1. The molecule has 4 nitrogen and oxygen atoms in total. The quantitative estimate of drug-likeness (QED) is 0.876. The summed E-state index contributed by atoms with van der Waals surface area (Å²) in [5.41, 5.74) is 8.00. The Morgan fingerprint density at radius 1 is 1.40 bits per heavy atom. The van der Waals surface area contributed by atoms with E-state index in [9.17, 15) is 4.79 Å². The number of nitrogens with zero attached hydrogens (tertiary/aromatic N) is 1. The Kier molecular flexibility index (Phi) is 3.85. The van der Waals surface area contributed by atoms with Crippen molar-refractivity contribution in [3.8, 4) is 0 Å². The van der Waals surface area contributed by atoms with Crippen LogP contribution in [0.15, 0.2) is 18.2 Å². The van der Waals surface area contributed by atoms with Crippen LogP contribution in [0.4, 0.5) is 5.69 Å². The minimum absolute atomic E-state index is 0.195. The molecule has 2 saturated heterocycles. The highest BCUT2D eigenvalue weighted by atomic mass is 35.5. The van der Waals surface area contributed by atoms with Gasteiger partial charge in [0.2, 0.25) is 5.91 Å². The molecule has 2 aliphatic heterocycles. The van der Waals surface area contributed by atoms with Gasteiger partial charge in [-0.05, 0) is 30.4 Å². The van der Waals surface area contributed by atoms with Crippen molar-refractivity contribution in [2.24, 2.45) is 11.7 Å². The molecule has 1 amide bonds. The van der Waals surface area contributed by atoms with Crippen LogP contribution in [0.3, 0.4) is 0 Å². The smallest absolute Gasteiger partial charge is 0.220 e. The van der Waals surface area contributed by atoms with Gasteiger partial charge < -0.3 is 16.0 Å². The second-order valence-corrected chi connectivity index (χ2v) is 6.07. The van der Waals surface area contributed by atoms with Gasteiger partial charge in [0.25, 0.3) is 0 Å². The molecule has 2 heterocycles. The van der Waals surface area contributed by atoms with Gasteiger partial charge in [-0.2, -0.15) is 0 Å². The normalized spacial score (nSPS) is 26.1. The average molecular weight is 294 g/mol. The third-order valence-corrected chi connectivity index (χ3v) is 4.73. The fourth-order valence-electron chi connectivity index (χ4n) is 3.39. The maximum absolute atomic E-state index is 11.5. The number of carbonyl (C=O) groups is 1. The molecule has 108 valence electrons. The van der Waals surface area contributed by atoms with Crippen LogP contribution in [0.25, 0.3) is 0 Å². The lowest BCUT2D eigenvalue weighted by Crippen LogP contribution is -2.54. The van der Waals surface area contributed by atoms with Gasteiger partial charge in [0.05, 0.1) is 10.7 Å². The maximum atomic E-state index is 11.5. The molecule has 2 atom stereocenters. The minimum Gasteiger partial charge on any atom is -0.370 e. The van der Waals surface area contributed by atoms with E-state index in [1.54, 1.807) is 0 Å². The molecular weight excluding hydrogens is 274 g/mol. The molecule has 0 radical (unpaired) electrons. The molecule has 2 aliphatic rings. The van der Waals surface area contributed by atoms with Gasteiger partial charge in [-0.15, -0.1) is 0 Å².